The smallest absolute Gasteiger partial charge is 0.307 e. The maximum Gasteiger partial charge on any atom is 0.307 e. The molecule has 1 aliphatic heterocycles. The van der Waals surface area contributed by atoms with Crippen molar-refractivity contribution in [3.05, 3.63) is 65.5 Å². The molecule has 1 N–H and O–H groups in total. The minimum Gasteiger partial charge on any atom is -0.481 e. The number of carboxylic acids is 1. The summed E-state index contributed by atoms with van der Waals surface area (Å²) in [5.74, 6) is -1.36. The lowest BCUT2D eigenvalue weighted by molar-refractivity contribution is -0.136. The van der Waals surface area contributed by atoms with Crippen molar-refractivity contribution in [3.63, 3.8) is 0 Å². The number of benzene rings is 2. The van der Waals surface area contributed by atoms with Crippen LogP contribution in [0.5, 0.6) is 0 Å². The average molecular weight is 363 g/mol. The molecule has 0 radical (unpaired) electrons. The molecular formula is C18H18FNO4S. The molecule has 5 nitrogen and oxygen atoms in total. The van der Waals surface area contributed by atoms with Crippen LogP contribution in [0.4, 0.5) is 4.39 Å². The van der Waals surface area contributed by atoms with E-state index in [0.717, 1.165) is 17.7 Å². The Balaban J connectivity index is 1.77. The van der Waals surface area contributed by atoms with Crippen LogP contribution in [-0.2, 0) is 21.2 Å². The van der Waals surface area contributed by atoms with Gasteiger partial charge in [-0.25, -0.2) is 12.8 Å². The summed E-state index contributed by atoms with van der Waals surface area (Å²) in [7, 11) is -3.65. The van der Waals surface area contributed by atoms with Crippen molar-refractivity contribution in [1.82, 2.24) is 4.31 Å². The van der Waals surface area contributed by atoms with Crippen LogP contribution in [0.25, 0.3) is 0 Å². The first-order valence-electron chi connectivity index (χ1n) is 7.92. The van der Waals surface area contributed by atoms with Crippen LogP contribution in [0.3, 0.4) is 0 Å². The summed E-state index contributed by atoms with van der Waals surface area (Å²) < 4.78 is 39.7. The Morgan fingerprint density at radius 2 is 1.92 bits per heavy atom. The van der Waals surface area contributed by atoms with Crippen molar-refractivity contribution >= 4 is 16.0 Å². The third-order valence-electron chi connectivity index (χ3n) is 4.38. The van der Waals surface area contributed by atoms with Gasteiger partial charge in [0.25, 0.3) is 0 Å². The van der Waals surface area contributed by atoms with E-state index in [-0.39, 0.29) is 17.2 Å². The molecule has 3 rings (SSSR count). The highest BCUT2D eigenvalue weighted by atomic mass is 32.2. The summed E-state index contributed by atoms with van der Waals surface area (Å²) in [6.07, 6.45) is 0.606. The molecule has 7 heteroatoms. The molecule has 1 aliphatic rings. The lowest BCUT2D eigenvalue weighted by atomic mass is 9.96. The lowest BCUT2D eigenvalue weighted by Gasteiger charge is -2.17. The van der Waals surface area contributed by atoms with E-state index >= 15 is 0 Å². The molecule has 25 heavy (non-hydrogen) atoms. The van der Waals surface area contributed by atoms with Crippen molar-refractivity contribution < 1.29 is 22.7 Å². The van der Waals surface area contributed by atoms with Gasteiger partial charge in [0.05, 0.1) is 11.3 Å². The van der Waals surface area contributed by atoms with Crippen molar-refractivity contribution in [1.29, 1.82) is 0 Å². The van der Waals surface area contributed by atoms with Gasteiger partial charge >= 0.3 is 5.97 Å². The fourth-order valence-corrected chi connectivity index (χ4v) is 4.61. The number of halogens is 1. The van der Waals surface area contributed by atoms with Gasteiger partial charge in [-0.3, -0.25) is 4.79 Å². The molecule has 1 heterocycles. The first kappa shape index (κ1) is 17.6. The van der Waals surface area contributed by atoms with Crippen LogP contribution in [-0.4, -0.2) is 36.9 Å². The van der Waals surface area contributed by atoms with E-state index in [0.29, 0.717) is 25.1 Å². The minimum absolute atomic E-state index is 0.0176. The quantitative estimate of drug-likeness (QED) is 0.886. The van der Waals surface area contributed by atoms with Crippen LogP contribution in [0, 0.1) is 5.82 Å². The van der Waals surface area contributed by atoms with Gasteiger partial charge < -0.3 is 5.11 Å². The van der Waals surface area contributed by atoms with Gasteiger partial charge in [0.2, 0.25) is 10.0 Å². The number of nitrogens with zero attached hydrogens (tertiary/aromatic N) is 1. The third kappa shape index (κ3) is 3.88. The zero-order chi connectivity index (χ0) is 18.0. The van der Waals surface area contributed by atoms with Crippen LogP contribution >= 0.6 is 0 Å². The van der Waals surface area contributed by atoms with Crippen LogP contribution < -0.4 is 0 Å². The minimum atomic E-state index is -3.65. The molecule has 132 valence electrons. The van der Waals surface area contributed by atoms with E-state index in [2.05, 4.69) is 0 Å². The normalized spacial score (nSPS) is 18.4. The molecule has 2 aromatic rings. The van der Waals surface area contributed by atoms with Gasteiger partial charge in [-0.05, 0) is 47.7 Å². The fraction of sp³-hybridized carbons (Fsp3) is 0.278. The topological polar surface area (TPSA) is 74.7 Å². The summed E-state index contributed by atoms with van der Waals surface area (Å²) in [6, 6.07) is 12.1. The van der Waals surface area contributed by atoms with Crippen LogP contribution in [0.2, 0.25) is 0 Å². The predicted molar refractivity (Wildman–Crippen MR) is 90.3 cm³/mol. The third-order valence-corrected chi connectivity index (χ3v) is 6.26. The number of carboxylic acid groups (broad SMARTS) is 1. The molecule has 0 bridgehead atoms. The van der Waals surface area contributed by atoms with Crippen molar-refractivity contribution in [2.45, 2.75) is 23.7 Å². The summed E-state index contributed by atoms with van der Waals surface area (Å²) in [4.78, 5) is 10.9. The Bertz CT molecular complexity index is 880. The van der Waals surface area contributed by atoms with E-state index in [4.69, 9.17) is 5.11 Å². The van der Waals surface area contributed by atoms with Gasteiger partial charge in [-0.15, -0.1) is 0 Å². The molecule has 1 saturated heterocycles. The van der Waals surface area contributed by atoms with Gasteiger partial charge in [0, 0.05) is 13.1 Å². The number of carbonyl (C=O) groups is 1. The second-order valence-electron chi connectivity index (χ2n) is 6.12. The number of rotatable bonds is 5. The Kier molecular flexibility index (Phi) is 4.87. The second kappa shape index (κ2) is 6.93. The Morgan fingerprint density at radius 1 is 1.20 bits per heavy atom. The second-order valence-corrected chi connectivity index (χ2v) is 8.06. The molecular weight excluding hydrogens is 345 g/mol. The first-order chi connectivity index (χ1) is 11.9. The molecule has 2 aromatic carbocycles. The molecule has 0 amide bonds. The van der Waals surface area contributed by atoms with Crippen molar-refractivity contribution in [2.24, 2.45) is 0 Å². The van der Waals surface area contributed by atoms with Crippen LogP contribution in [0.1, 0.15) is 23.5 Å². The number of hydrogen-bond donors (Lipinski definition) is 1. The van der Waals surface area contributed by atoms with Gasteiger partial charge in [0.1, 0.15) is 5.82 Å². The standard InChI is InChI=1S/C18H18FNO4S/c19-16-4-6-17(7-5-16)25(23,24)20-9-8-15(12-20)14-3-1-2-13(10-14)11-18(21)22/h1-7,10,15H,8-9,11-12H2,(H,21,22). The molecule has 0 saturated carbocycles. The fourth-order valence-electron chi connectivity index (χ4n) is 3.11. The van der Waals surface area contributed by atoms with E-state index in [9.17, 15) is 17.6 Å². The zero-order valence-corrected chi connectivity index (χ0v) is 14.2. The molecule has 1 atom stereocenters. The summed E-state index contributed by atoms with van der Waals surface area (Å²) in [6.45, 7) is 0.712. The predicted octanol–water partition coefficient (Wildman–Crippen LogP) is 2.63. The van der Waals surface area contributed by atoms with Crippen molar-refractivity contribution in [3.8, 4) is 0 Å². The van der Waals surface area contributed by atoms with E-state index < -0.39 is 21.8 Å². The number of aliphatic carboxylic acids is 1. The molecule has 0 aromatic heterocycles. The van der Waals surface area contributed by atoms with Gasteiger partial charge in [0.15, 0.2) is 0 Å². The lowest BCUT2D eigenvalue weighted by Crippen LogP contribution is -2.28. The van der Waals surface area contributed by atoms with Crippen molar-refractivity contribution in [2.75, 3.05) is 13.1 Å². The largest absolute Gasteiger partial charge is 0.481 e. The zero-order valence-electron chi connectivity index (χ0n) is 13.4. The number of sulfonamides is 1. The summed E-state index contributed by atoms with van der Waals surface area (Å²) in [5.41, 5.74) is 1.64. The Labute approximate surface area is 145 Å². The highest BCUT2D eigenvalue weighted by molar-refractivity contribution is 7.89. The van der Waals surface area contributed by atoms with Gasteiger partial charge in [-0.2, -0.15) is 4.31 Å². The van der Waals surface area contributed by atoms with E-state index in [1.54, 1.807) is 12.1 Å². The summed E-state index contributed by atoms with van der Waals surface area (Å²) >= 11 is 0. The molecule has 0 spiro atoms. The molecule has 1 fully saturated rings. The van der Waals surface area contributed by atoms with Gasteiger partial charge in [-0.1, -0.05) is 24.3 Å². The van der Waals surface area contributed by atoms with E-state index in [1.807, 2.05) is 12.1 Å². The highest BCUT2D eigenvalue weighted by Crippen LogP contribution is 2.31. The monoisotopic (exact) mass is 363 g/mol. The number of hydrogen-bond acceptors (Lipinski definition) is 3. The van der Waals surface area contributed by atoms with Crippen LogP contribution in [0.15, 0.2) is 53.4 Å². The molecule has 1 unspecified atom stereocenters. The summed E-state index contributed by atoms with van der Waals surface area (Å²) in [5, 5.41) is 8.90. The van der Waals surface area contributed by atoms with E-state index in [1.165, 1.54) is 16.4 Å². The molecule has 0 aliphatic carbocycles. The average Bonchev–Trinajstić information content (AvgIpc) is 3.06. The Hall–Kier alpha value is -2.25. The highest BCUT2D eigenvalue weighted by Gasteiger charge is 2.33. The Morgan fingerprint density at radius 3 is 2.60 bits per heavy atom. The maximum atomic E-state index is 13.0. The SMILES string of the molecule is O=C(O)Cc1cccc(C2CCN(S(=O)(=O)c3ccc(F)cc3)C2)c1. The first-order valence-corrected chi connectivity index (χ1v) is 9.36. The maximum absolute atomic E-state index is 13.0.